The lowest BCUT2D eigenvalue weighted by atomic mass is 9.66. The summed E-state index contributed by atoms with van der Waals surface area (Å²) < 4.78 is 11.3. The number of anilines is 1. The number of morpholine rings is 1. The van der Waals surface area contributed by atoms with Crippen LogP contribution in [0, 0.1) is 5.41 Å². The third kappa shape index (κ3) is 2.08. The minimum atomic E-state index is -1.45. The molecule has 1 aromatic carbocycles. The maximum absolute atomic E-state index is 13.0. The summed E-state index contributed by atoms with van der Waals surface area (Å²) in [4.78, 5) is 39.7. The van der Waals surface area contributed by atoms with E-state index in [-0.39, 0.29) is 12.5 Å². The standard InChI is InChI=1S/C18H18N4O5/c1-8-7-22-12-4-13-11(6-19-27-13)3-10(12)5-18(14(22)9(2)26-8)15(23)20-17(25)21-16(18)24/h3-4,6,8-9,14H,5,7H2,1-2H3,(H2,20,21,23,24,25). The average molecular weight is 370 g/mol. The number of aromatic nitrogens is 1. The second-order valence-electron chi connectivity index (χ2n) is 7.48. The zero-order valence-electron chi connectivity index (χ0n) is 14.8. The fourth-order valence-electron chi connectivity index (χ4n) is 4.80. The van der Waals surface area contributed by atoms with Crippen LogP contribution in [0.3, 0.4) is 0 Å². The third-order valence-electron chi connectivity index (χ3n) is 5.78. The predicted octanol–water partition coefficient (Wildman–Crippen LogP) is 0.718. The van der Waals surface area contributed by atoms with Gasteiger partial charge in [0.15, 0.2) is 11.0 Å². The Morgan fingerprint density at radius 2 is 1.93 bits per heavy atom. The van der Waals surface area contributed by atoms with Crippen LogP contribution in [0.1, 0.15) is 19.4 Å². The van der Waals surface area contributed by atoms with Crippen molar-refractivity contribution in [3.8, 4) is 0 Å². The highest BCUT2D eigenvalue weighted by Gasteiger charge is 2.62. The molecule has 1 aromatic heterocycles. The zero-order valence-corrected chi connectivity index (χ0v) is 14.8. The molecule has 4 amide bonds. The molecule has 2 fully saturated rings. The van der Waals surface area contributed by atoms with Gasteiger partial charge in [0.25, 0.3) is 0 Å². The van der Waals surface area contributed by atoms with Gasteiger partial charge in [0, 0.05) is 23.7 Å². The number of ether oxygens (including phenoxy) is 1. The highest BCUT2D eigenvalue weighted by Crippen LogP contribution is 2.47. The monoisotopic (exact) mass is 370 g/mol. The number of amides is 4. The predicted molar refractivity (Wildman–Crippen MR) is 93.0 cm³/mol. The molecular weight excluding hydrogens is 352 g/mol. The van der Waals surface area contributed by atoms with E-state index in [4.69, 9.17) is 9.26 Å². The first-order valence-corrected chi connectivity index (χ1v) is 8.86. The highest BCUT2D eigenvalue weighted by atomic mass is 16.5. The van der Waals surface area contributed by atoms with Gasteiger partial charge in [-0.15, -0.1) is 0 Å². The molecule has 0 saturated carbocycles. The number of nitrogens with zero attached hydrogens (tertiary/aromatic N) is 2. The lowest BCUT2D eigenvalue weighted by Gasteiger charge is -2.55. The van der Waals surface area contributed by atoms with Gasteiger partial charge in [-0.05, 0) is 31.9 Å². The van der Waals surface area contributed by atoms with Crippen molar-refractivity contribution in [1.29, 1.82) is 0 Å². The van der Waals surface area contributed by atoms with Crippen LogP contribution >= 0.6 is 0 Å². The second-order valence-corrected chi connectivity index (χ2v) is 7.48. The summed E-state index contributed by atoms with van der Waals surface area (Å²) in [6.07, 6.45) is 1.29. The second kappa shape index (κ2) is 5.29. The molecular formula is C18H18N4O5. The molecule has 27 heavy (non-hydrogen) atoms. The van der Waals surface area contributed by atoms with Crippen molar-refractivity contribution >= 4 is 34.5 Å². The van der Waals surface area contributed by atoms with E-state index in [0.717, 1.165) is 16.6 Å². The number of imide groups is 2. The van der Waals surface area contributed by atoms with Gasteiger partial charge in [0.1, 0.15) is 0 Å². The van der Waals surface area contributed by atoms with E-state index in [0.29, 0.717) is 12.1 Å². The number of hydrogen-bond donors (Lipinski definition) is 2. The third-order valence-corrected chi connectivity index (χ3v) is 5.78. The van der Waals surface area contributed by atoms with Gasteiger partial charge in [0.2, 0.25) is 11.8 Å². The molecule has 2 N–H and O–H groups in total. The van der Waals surface area contributed by atoms with Crippen molar-refractivity contribution in [3.05, 3.63) is 23.9 Å². The Bertz CT molecular complexity index is 979. The Labute approximate surface area is 154 Å². The van der Waals surface area contributed by atoms with E-state index in [1.54, 1.807) is 6.20 Å². The highest BCUT2D eigenvalue weighted by molar-refractivity contribution is 6.20. The molecule has 3 aliphatic rings. The Morgan fingerprint density at radius 3 is 2.67 bits per heavy atom. The first-order valence-electron chi connectivity index (χ1n) is 8.86. The number of nitrogens with one attached hydrogen (secondary N) is 2. The molecule has 5 rings (SSSR count). The largest absolute Gasteiger partial charge is 0.372 e. The van der Waals surface area contributed by atoms with Crippen molar-refractivity contribution in [3.63, 3.8) is 0 Å². The molecule has 9 heteroatoms. The Balaban J connectivity index is 1.75. The summed E-state index contributed by atoms with van der Waals surface area (Å²) in [6.45, 7) is 4.31. The van der Waals surface area contributed by atoms with Gasteiger partial charge in [0.05, 0.1) is 24.4 Å². The maximum Gasteiger partial charge on any atom is 0.328 e. The van der Waals surface area contributed by atoms with Gasteiger partial charge >= 0.3 is 6.03 Å². The molecule has 3 unspecified atom stereocenters. The van der Waals surface area contributed by atoms with Gasteiger partial charge < -0.3 is 14.2 Å². The van der Waals surface area contributed by atoms with Crippen molar-refractivity contribution in [2.45, 2.75) is 38.5 Å². The average Bonchev–Trinajstić information content (AvgIpc) is 3.04. The normalized spacial score (nSPS) is 29.3. The zero-order chi connectivity index (χ0) is 18.9. The fourth-order valence-corrected chi connectivity index (χ4v) is 4.80. The fraction of sp³-hybridized carbons (Fsp3) is 0.444. The summed E-state index contributed by atoms with van der Waals surface area (Å²) in [5, 5.41) is 9.17. The lowest BCUT2D eigenvalue weighted by Crippen LogP contribution is -2.75. The number of rotatable bonds is 0. The van der Waals surface area contributed by atoms with Crippen LogP contribution in [0.15, 0.2) is 22.9 Å². The number of urea groups is 1. The molecule has 2 saturated heterocycles. The van der Waals surface area contributed by atoms with Crippen molar-refractivity contribution in [2.24, 2.45) is 5.41 Å². The van der Waals surface area contributed by atoms with E-state index in [1.807, 2.05) is 30.9 Å². The summed E-state index contributed by atoms with van der Waals surface area (Å²) in [6, 6.07) is 2.45. The molecule has 0 aliphatic carbocycles. The van der Waals surface area contributed by atoms with Crippen LogP contribution in [0.4, 0.5) is 10.5 Å². The van der Waals surface area contributed by atoms with Crippen LogP contribution < -0.4 is 15.5 Å². The Kier molecular flexibility index (Phi) is 3.18. The van der Waals surface area contributed by atoms with E-state index >= 15 is 0 Å². The Hall–Kier alpha value is -2.94. The van der Waals surface area contributed by atoms with Crippen LogP contribution in [-0.4, -0.2) is 47.8 Å². The SMILES string of the molecule is CC1CN2c3cc4oncc4cc3CC3(C(=O)NC(=O)NC3=O)C2C(C)O1. The Morgan fingerprint density at radius 1 is 1.19 bits per heavy atom. The number of barbiturate groups is 1. The van der Waals surface area contributed by atoms with E-state index in [1.165, 1.54) is 0 Å². The number of hydrogen-bond acceptors (Lipinski definition) is 7. The van der Waals surface area contributed by atoms with Gasteiger partial charge in [-0.3, -0.25) is 20.2 Å². The van der Waals surface area contributed by atoms with E-state index < -0.39 is 35.4 Å². The smallest absolute Gasteiger partial charge is 0.328 e. The number of carbonyl (C=O) groups excluding carboxylic acids is 3. The van der Waals surface area contributed by atoms with Crippen LogP contribution in [0.25, 0.3) is 11.0 Å². The van der Waals surface area contributed by atoms with Crippen LogP contribution in [-0.2, 0) is 20.7 Å². The summed E-state index contributed by atoms with van der Waals surface area (Å²) in [5.74, 6) is -1.18. The molecule has 4 heterocycles. The number of benzene rings is 1. The minimum Gasteiger partial charge on any atom is -0.372 e. The first kappa shape index (κ1) is 16.2. The van der Waals surface area contributed by atoms with E-state index in [2.05, 4.69) is 15.8 Å². The summed E-state index contributed by atoms with van der Waals surface area (Å²) >= 11 is 0. The number of carbonyl (C=O) groups is 3. The topological polar surface area (TPSA) is 114 Å². The molecule has 0 bridgehead atoms. The molecule has 3 atom stereocenters. The molecule has 1 spiro atoms. The van der Waals surface area contributed by atoms with Crippen LogP contribution in [0.2, 0.25) is 0 Å². The van der Waals surface area contributed by atoms with Crippen molar-refractivity contribution in [1.82, 2.24) is 15.8 Å². The molecule has 140 valence electrons. The van der Waals surface area contributed by atoms with Crippen LogP contribution in [0.5, 0.6) is 0 Å². The minimum absolute atomic E-state index is 0.0824. The van der Waals surface area contributed by atoms with Gasteiger partial charge in [-0.25, -0.2) is 4.79 Å². The number of fused-ring (bicyclic) bond motifs is 5. The summed E-state index contributed by atoms with van der Waals surface area (Å²) in [7, 11) is 0. The maximum atomic E-state index is 13.0. The molecule has 3 aliphatic heterocycles. The van der Waals surface area contributed by atoms with E-state index in [9.17, 15) is 14.4 Å². The van der Waals surface area contributed by atoms with Gasteiger partial charge in [-0.1, -0.05) is 5.16 Å². The van der Waals surface area contributed by atoms with Crippen molar-refractivity contribution in [2.75, 3.05) is 11.4 Å². The molecule has 2 aromatic rings. The summed E-state index contributed by atoms with van der Waals surface area (Å²) in [5.41, 5.74) is 0.922. The molecule has 0 radical (unpaired) electrons. The molecule has 9 nitrogen and oxygen atoms in total. The van der Waals surface area contributed by atoms with Crippen molar-refractivity contribution < 1.29 is 23.6 Å². The first-order chi connectivity index (χ1) is 12.9. The van der Waals surface area contributed by atoms with Gasteiger partial charge in [-0.2, -0.15) is 0 Å². The lowest BCUT2D eigenvalue weighted by molar-refractivity contribution is -0.153. The quantitative estimate of drug-likeness (QED) is 0.657.